The molecule has 0 aliphatic rings. The lowest BCUT2D eigenvalue weighted by atomic mass is 10.0. The monoisotopic (exact) mass is 1050 g/mol. The Labute approximate surface area is 324 Å². The smallest absolute Gasteiger partial charge is 0.271 e. The molecule has 49 heavy (non-hydrogen) atoms. The summed E-state index contributed by atoms with van der Waals surface area (Å²) in [5, 5.41) is 41.8. The summed E-state index contributed by atoms with van der Waals surface area (Å²) in [6.45, 7) is -0.375. The van der Waals surface area contributed by atoms with Crippen LogP contribution in [0.3, 0.4) is 0 Å². The number of hydrogen-bond acceptors (Lipinski definition) is 10. The summed E-state index contributed by atoms with van der Waals surface area (Å²) < 4.78 is 1.25. The zero-order valence-electron chi connectivity index (χ0n) is 23.7. The molecule has 0 heterocycles. The summed E-state index contributed by atoms with van der Waals surface area (Å²) in [4.78, 5) is 72.4. The van der Waals surface area contributed by atoms with Gasteiger partial charge in [-0.1, -0.05) is 0 Å². The van der Waals surface area contributed by atoms with Crippen LogP contribution in [0, 0.1) is 30.3 Å². The van der Waals surface area contributed by atoms with Crippen molar-refractivity contribution in [1.29, 1.82) is 0 Å². The molecule has 4 aromatic rings. The maximum atomic E-state index is 13.5. The molecule has 15 nitrogen and oxygen atoms in total. The number of rotatable bonds is 11. The first-order valence-electron chi connectivity index (χ1n) is 12.9. The van der Waals surface area contributed by atoms with Crippen LogP contribution in [0.4, 0.5) is 34.1 Å². The Balaban J connectivity index is 1.71. The van der Waals surface area contributed by atoms with Crippen molar-refractivity contribution in [2.24, 2.45) is 0 Å². The average Bonchev–Trinajstić information content (AvgIpc) is 3.02. The number of ketones is 1. The van der Waals surface area contributed by atoms with Gasteiger partial charge in [0, 0.05) is 79.9 Å². The minimum absolute atomic E-state index is 0.0804. The number of anilines is 3. The van der Waals surface area contributed by atoms with Crippen molar-refractivity contribution in [3.63, 3.8) is 0 Å². The first-order chi connectivity index (χ1) is 23.0. The SMILES string of the molecule is O=C(CNc1c(Br)cc([N+](=O)[O-])cc1Br)c1cc(C(=O)Nc2c(Br)cc([N+](=O)[O-])cc2Br)cc(C(=O)Nc2c(Br)cc([N+](=O)[O-])cc2Br)c1. The number of nitrogens with one attached hydrogen (secondary N) is 3. The standard InChI is InChI=1S/C28H14Br6N6O9/c29-17-4-14(38(44)45)5-18(30)24(17)35-10-23(41)11-1-12(27(42)36-25-19(31)6-15(39(46)47)7-20(25)32)3-13(2-11)28(43)37-26-21(33)8-16(40(48)49)9-22(26)34/h1-9,35H,10H2,(H,36,42)(H,37,43). The van der Waals surface area contributed by atoms with Crippen molar-refractivity contribution in [2.75, 3.05) is 22.5 Å². The minimum Gasteiger partial charge on any atom is -0.376 e. The third-order valence-corrected chi connectivity index (χ3v) is 10.1. The summed E-state index contributed by atoms with van der Waals surface area (Å²) in [7, 11) is 0. The van der Waals surface area contributed by atoms with Gasteiger partial charge >= 0.3 is 0 Å². The van der Waals surface area contributed by atoms with E-state index in [2.05, 4.69) is 112 Å². The van der Waals surface area contributed by atoms with E-state index in [1.54, 1.807) is 0 Å². The van der Waals surface area contributed by atoms with E-state index in [4.69, 9.17) is 0 Å². The Kier molecular flexibility index (Phi) is 12.4. The van der Waals surface area contributed by atoms with Crippen molar-refractivity contribution >= 4 is 147 Å². The molecule has 4 aromatic carbocycles. The van der Waals surface area contributed by atoms with Gasteiger partial charge < -0.3 is 16.0 Å². The van der Waals surface area contributed by atoms with E-state index in [1.807, 2.05) is 0 Å². The van der Waals surface area contributed by atoms with Crippen LogP contribution in [0.5, 0.6) is 0 Å². The van der Waals surface area contributed by atoms with E-state index in [0.29, 0.717) is 5.69 Å². The first kappa shape index (κ1) is 38.2. The average molecular weight is 1060 g/mol. The lowest BCUT2D eigenvalue weighted by molar-refractivity contribution is -0.385. The van der Waals surface area contributed by atoms with Crippen LogP contribution in [0.1, 0.15) is 31.1 Å². The summed E-state index contributed by atoms with van der Waals surface area (Å²) in [6, 6.07) is 10.9. The summed E-state index contributed by atoms with van der Waals surface area (Å²) >= 11 is 19.3. The lowest BCUT2D eigenvalue weighted by Gasteiger charge is -2.14. The van der Waals surface area contributed by atoms with Crippen LogP contribution in [0.15, 0.2) is 81.4 Å². The van der Waals surface area contributed by atoms with Crippen LogP contribution >= 0.6 is 95.6 Å². The number of non-ortho nitro benzene ring substituents is 3. The molecule has 0 bridgehead atoms. The molecule has 3 N–H and O–H groups in total. The topological polar surface area (TPSA) is 217 Å². The molecule has 21 heteroatoms. The number of Topliss-reactive ketones (excluding diaryl/α,β-unsaturated/α-hetero) is 1. The molecule has 0 aliphatic heterocycles. The highest BCUT2D eigenvalue weighted by Crippen LogP contribution is 2.38. The fraction of sp³-hybridized carbons (Fsp3) is 0.0357. The molecule has 0 spiro atoms. The van der Waals surface area contributed by atoms with Gasteiger partial charge in [-0.25, -0.2) is 0 Å². The van der Waals surface area contributed by atoms with Crippen molar-refractivity contribution in [3.05, 3.63) is 128 Å². The molecule has 2 amide bonds. The molecular weight excluding hydrogens is 1040 g/mol. The van der Waals surface area contributed by atoms with E-state index in [1.165, 1.54) is 54.6 Å². The molecular formula is C28H14Br6N6O9. The fourth-order valence-corrected chi connectivity index (χ4v) is 8.26. The van der Waals surface area contributed by atoms with Gasteiger partial charge in [-0.05, 0) is 114 Å². The van der Waals surface area contributed by atoms with Gasteiger partial charge in [0.1, 0.15) is 0 Å². The van der Waals surface area contributed by atoms with Crippen LogP contribution in [0.2, 0.25) is 0 Å². The molecule has 0 atom stereocenters. The largest absolute Gasteiger partial charge is 0.376 e. The van der Waals surface area contributed by atoms with Crippen molar-refractivity contribution in [3.8, 4) is 0 Å². The fourth-order valence-electron chi connectivity index (χ4n) is 4.10. The Bertz CT molecular complexity index is 1940. The number of nitrogens with zero attached hydrogens (tertiary/aromatic N) is 3. The van der Waals surface area contributed by atoms with E-state index >= 15 is 0 Å². The van der Waals surface area contributed by atoms with Gasteiger partial charge in [-0.15, -0.1) is 0 Å². The summed E-state index contributed by atoms with van der Waals surface area (Å²) in [6.07, 6.45) is 0. The van der Waals surface area contributed by atoms with Crippen molar-refractivity contribution < 1.29 is 29.2 Å². The zero-order chi connectivity index (χ0) is 36.3. The zero-order valence-corrected chi connectivity index (χ0v) is 33.2. The maximum Gasteiger partial charge on any atom is 0.271 e. The number of nitro groups is 3. The van der Waals surface area contributed by atoms with E-state index in [-0.39, 0.29) is 78.5 Å². The highest BCUT2D eigenvalue weighted by molar-refractivity contribution is 9.12. The Morgan fingerprint density at radius 2 is 0.776 bits per heavy atom. The van der Waals surface area contributed by atoms with Crippen molar-refractivity contribution in [1.82, 2.24) is 0 Å². The van der Waals surface area contributed by atoms with Gasteiger partial charge in [0.05, 0.1) is 38.4 Å². The molecule has 0 aliphatic carbocycles. The number of halogens is 6. The molecule has 0 aromatic heterocycles. The van der Waals surface area contributed by atoms with Gasteiger partial charge in [0.15, 0.2) is 5.78 Å². The quantitative estimate of drug-likeness (QED) is 0.0734. The molecule has 252 valence electrons. The lowest BCUT2D eigenvalue weighted by Crippen LogP contribution is -2.20. The van der Waals surface area contributed by atoms with E-state index in [0.717, 1.165) is 0 Å². The Morgan fingerprint density at radius 1 is 0.490 bits per heavy atom. The third-order valence-electron chi connectivity index (χ3n) is 6.40. The third kappa shape index (κ3) is 9.14. The number of carbonyl (C=O) groups is 3. The summed E-state index contributed by atoms with van der Waals surface area (Å²) in [5.74, 6) is -2.16. The highest BCUT2D eigenvalue weighted by Gasteiger charge is 2.23. The van der Waals surface area contributed by atoms with Gasteiger partial charge in [0.25, 0.3) is 28.9 Å². The number of hydrogen-bond donors (Lipinski definition) is 3. The van der Waals surface area contributed by atoms with Crippen LogP contribution in [-0.4, -0.2) is 38.9 Å². The van der Waals surface area contributed by atoms with Crippen LogP contribution < -0.4 is 16.0 Å². The van der Waals surface area contributed by atoms with E-state index < -0.39 is 32.4 Å². The predicted molar refractivity (Wildman–Crippen MR) is 201 cm³/mol. The normalized spacial score (nSPS) is 10.7. The first-order valence-corrected chi connectivity index (χ1v) is 17.7. The summed E-state index contributed by atoms with van der Waals surface area (Å²) in [5.41, 5.74) is -0.507. The van der Waals surface area contributed by atoms with Crippen molar-refractivity contribution in [2.45, 2.75) is 0 Å². The second kappa shape index (κ2) is 15.9. The molecule has 0 unspecified atom stereocenters. The van der Waals surface area contributed by atoms with Gasteiger partial charge in [0.2, 0.25) is 0 Å². The Morgan fingerprint density at radius 3 is 1.08 bits per heavy atom. The molecule has 4 rings (SSSR count). The van der Waals surface area contributed by atoms with E-state index in [9.17, 15) is 44.7 Å². The van der Waals surface area contributed by atoms with Gasteiger partial charge in [-0.2, -0.15) is 0 Å². The molecule has 0 saturated heterocycles. The number of amides is 2. The highest BCUT2D eigenvalue weighted by atomic mass is 79.9. The second-order valence-electron chi connectivity index (χ2n) is 9.61. The number of nitro benzene ring substituents is 3. The molecule has 0 fully saturated rings. The second-order valence-corrected chi connectivity index (χ2v) is 14.7. The van der Waals surface area contributed by atoms with Crippen LogP contribution in [0.25, 0.3) is 0 Å². The van der Waals surface area contributed by atoms with Gasteiger partial charge in [-0.3, -0.25) is 44.7 Å². The van der Waals surface area contributed by atoms with Crippen LogP contribution in [-0.2, 0) is 0 Å². The molecule has 0 saturated carbocycles. The number of benzene rings is 4. The predicted octanol–water partition coefficient (Wildman–Crippen LogP) is 9.79. The minimum atomic E-state index is -0.787. The number of carbonyl (C=O) groups excluding carboxylic acids is 3. The Hall–Kier alpha value is -3.63. The molecule has 0 radical (unpaired) electrons. The maximum absolute atomic E-state index is 13.5.